The van der Waals surface area contributed by atoms with E-state index in [-0.39, 0.29) is 24.4 Å². The Labute approximate surface area is 183 Å². The number of hydrogen-bond acceptors (Lipinski definition) is 6. The van der Waals surface area contributed by atoms with Gasteiger partial charge in [-0.1, -0.05) is 43.5 Å². The maximum absolute atomic E-state index is 12.2. The summed E-state index contributed by atoms with van der Waals surface area (Å²) < 4.78 is 10.4. The molecule has 0 saturated heterocycles. The van der Waals surface area contributed by atoms with E-state index < -0.39 is 29.6 Å². The van der Waals surface area contributed by atoms with Crippen LogP contribution in [-0.2, 0) is 24.6 Å². The van der Waals surface area contributed by atoms with Gasteiger partial charge in [-0.05, 0) is 51.8 Å². The van der Waals surface area contributed by atoms with Crippen LogP contribution < -0.4 is 5.11 Å². The van der Waals surface area contributed by atoms with E-state index in [1.807, 2.05) is 19.1 Å². The number of benzene rings is 1. The van der Waals surface area contributed by atoms with Gasteiger partial charge in [0.25, 0.3) is 0 Å². The molecule has 0 bridgehead atoms. The number of ether oxygens (including phenoxy) is 2. The summed E-state index contributed by atoms with van der Waals surface area (Å²) in [7, 11) is 0. The number of carboxylic acid groups (broad SMARTS) is 1. The van der Waals surface area contributed by atoms with Crippen LogP contribution in [0.2, 0.25) is 0 Å². The Bertz CT molecular complexity index is 869. The summed E-state index contributed by atoms with van der Waals surface area (Å²) in [5.74, 6) is -1.37. The normalized spacial score (nSPS) is 10.9. The van der Waals surface area contributed by atoms with Crippen LogP contribution in [-0.4, -0.2) is 42.2 Å². The molecule has 0 aliphatic carbocycles. The molecule has 0 aliphatic heterocycles. The molecule has 31 heavy (non-hydrogen) atoms. The van der Waals surface area contributed by atoms with E-state index >= 15 is 0 Å². The molecule has 0 atom stereocenters. The molecule has 168 valence electrons. The van der Waals surface area contributed by atoms with Crippen molar-refractivity contribution in [3.05, 3.63) is 66.3 Å². The van der Waals surface area contributed by atoms with Gasteiger partial charge in [-0.15, -0.1) is 0 Å². The fraction of sp³-hybridized carbons (Fsp3) is 0.375. The zero-order valence-corrected chi connectivity index (χ0v) is 18.8. The summed E-state index contributed by atoms with van der Waals surface area (Å²) in [5.41, 5.74) is 1.54. The predicted octanol–water partition coefficient (Wildman–Crippen LogP) is 3.21. The molecule has 0 aromatic heterocycles. The molecule has 7 nitrogen and oxygen atoms in total. The van der Waals surface area contributed by atoms with Gasteiger partial charge in [0, 0.05) is 11.1 Å². The third kappa shape index (κ3) is 6.84. The lowest BCUT2D eigenvalue weighted by Crippen LogP contribution is -2.59. The molecule has 0 N–H and O–H groups in total. The molecule has 0 saturated carbocycles. The number of hydrogen-bond donors (Lipinski definition) is 0. The number of carbonyl (C=O) groups excluding carboxylic acids is 3. The number of allylic oxidation sites excluding steroid dienone is 1. The lowest BCUT2D eigenvalue weighted by Gasteiger charge is -2.45. The van der Waals surface area contributed by atoms with E-state index in [0.29, 0.717) is 5.56 Å². The largest absolute Gasteiger partial charge is 0.530 e. The lowest BCUT2D eigenvalue weighted by molar-refractivity contribution is -0.276. The van der Waals surface area contributed by atoms with Gasteiger partial charge in [0.2, 0.25) is 0 Å². The average Bonchev–Trinajstić information content (AvgIpc) is 2.68. The summed E-state index contributed by atoms with van der Waals surface area (Å²) in [5, 5.41) is 12.2. The summed E-state index contributed by atoms with van der Waals surface area (Å²) >= 11 is 0. The standard InChI is InChI=1S/C24H31NO6/c1-15(2)18-10-9-11-19(12-18)24(7,8)25(23(28)29)20(13-30-21(26)16(3)4)14-31-22(27)17(5)6/h9-12,20H,1,3,5,13-14H2,2,4,6-8H3,(H,28,29)/p-1. The van der Waals surface area contributed by atoms with Crippen molar-refractivity contribution in [1.82, 2.24) is 4.90 Å². The second-order valence-electron chi connectivity index (χ2n) is 7.97. The molecule has 1 rings (SSSR count). The molecule has 7 heteroatoms. The van der Waals surface area contributed by atoms with Gasteiger partial charge in [-0.2, -0.15) is 0 Å². The molecule has 1 aromatic rings. The van der Waals surface area contributed by atoms with Crippen molar-refractivity contribution in [2.45, 2.75) is 46.2 Å². The molecule has 0 radical (unpaired) electrons. The zero-order valence-electron chi connectivity index (χ0n) is 18.8. The van der Waals surface area contributed by atoms with E-state index in [0.717, 1.165) is 16.0 Å². The van der Waals surface area contributed by atoms with Crippen LogP contribution >= 0.6 is 0 Å². The Balaban J connectivity index is 3.35. The number of amides is 1. The molecule has 0 heterocycles. The molecule has 1 amide bonds. The lowest BCUT2D eigenvalue weighted by atomic mass is 9.89. The van der Waals surface area contributed by atoms with Crippen LogP contribution in [0, 0.1) is 0 Å². The molecule has 0 spiro atoms. The van der Waals surface area contributed by atoms with Crippen molar-refractivity contribution in [2.75, 3.05) is 13.2 Å². The van der Waals surface area contributed by atoms with E-state index in [2.05, 4.69) is 19.7 Å². The summed E-state index contributed by atoms with van der Waals surface area (Å²) in [4.78, 5) is 37.0. The highest BCUT2D eigenvalue weighted by Gasteiger charge is 2.36. The zero-order chi connectivity index (χ0) is 23.9. The second kappa shape index (κ2) is 10.6. The van der Waals surface area contributed by atoms with E-state index in [9.17, 15) is 19.5 Å². The highest BCUT2D eigenvalue weighted by Crippen LogP contribution is 2.31. The Morgan fingerprint density at radius 2 is 1.48 bits per heavy atom. The molecule has 1 aromatic carbocycles. The summed E-state index contributed by atoms with van der Waals surface area (Å²) in [6, 6.07) is 6.24. The van der Waals surface area contributed by atoms with Crippen molar-refractivity contribution < 1.29 is 29.0 Å². The first-order valence-corrected chi connectivity index (χ1v) is 9.71. The van der Waals surface area contributed by atoms with Gasteiger partial charge in [0.15, 0.2) is 0 Å². The predicted molar refractivity (Wildman–Crippen MR) is 117 cm³/mol. The fourth-order valence-corrected chi connectivity index (χ4v) is 2.93. The van der Waals surface area contributed by atoms with Crippen molar-refractivity contribution in [2.24, 2.45) is 0 Å². The Hall–Kier alpha value is -3.35. The van der Waals surface area contributed by atoms with Gasteiger partial charge >= 0.3 is 11.9 Å². The summed E-state index contributed by atoms with van der Waals surface area (Å²) in [6.45, 7) is 18.4. The molecule has 0 unspecified atom stereocenters. The highest BCUT2D eigenvalue weighted by molar-refractivity contribution is 5.87. The fourth-order valence-electron chi connectivity index (χ4n) is 2.93. The SMILES string of the molecule is C=C(C)C(=O)OCC(COC(=O)C(=C)C)N(C(=O)[O-])C(C)(C)c1cccc(C(=C)C)c1. The summed E-state index contributed by atoms with van der Waals surface area (Å²) in [6.07, 6.45) is -1.51. The van der Waals surface area contributed by atoms with E-state index in [4.69, 9.17) is 9.47 Å². The van der Waals surface area contributed by atoms with Crippen LogP contribution in [0.4, 0.5) is 4.79 Å². The first-order valence-electron chi connectivity index (χ1n) is 9.71. The second-order valence-corrected chi connectivity index (χ2v) is 7.97. The van der Waals surface area contributed by atoms with Crippen LogP contribution in [0.15, 0.2) is 55.1 Å². The van der Waals surface area contributed by atoms with Crippen LogP contribution in [0.25, 0.3) is 5.57 Å². The Morgan fingerprint density at radius 3 is 1.87 bits per heavy atom. The van der Waals surface area contributed by atoms with Gasteiger partial charge in [-0.3, -0.25) is 0 Å². The average molecular weight is 429 g/mol. The number of esters is 2. The smallest absolute Gasteiger partial charge is 0.333 e. The molecule has 0 aliphatic rings. The van der Waals surface area contributed by atoms with Crippen LogP contribution in [0.5, 0.6) is 0 Å². The van der Waals surface area contributed by atoms with E-state index in [1.54, 1.807) is 26.0 Å². The van der Waals surface area contributed by atoms with Crippen molar-refractivity contribution >= 4 is 23.6 Å². The van der Waals surface area contributed by atoms with Crippen molar-refractivity contribution in [3.8, 4) is 0 Å². The van der Waals surface area contributed by atoms with Crippen molar-refractivity contribution in [1.29, 1.82) is 0 Å². The molecule has 0 fully saturated rings. The topological polar surface area (TPSA) is 96.0 Å². The minimum Gasteiger partial charge on any atom is -0.530 e. The highest BCUT2D eigenvalue weighted by atomic mass is 16.5. The van der Waals surface area contributed by atoms with Crippen LogP contribution in [0.3, 0.4) is 0 Å². The third-order valence-electron chi connectivity index (χ3n) is 4.74. The van der Waals surface area contributed by atoms with Crippen molar-refractivity contribution in [3.63, 3.8) is 0 Å². The first kappa shape index (κ1) is 25.7. The number of rotatable bonds is 10. The number of carbonyl (C=O) groups is 3. The quantitative estimate of drug-likeness (QED) is 0.419. The maximum Gasteiger partial charge on any atom is 0.333 e. The van der Waals surface area contributed by atoms with Gasteiger partial charge in [0.05, 0.1) is 11.6 Å². The minimum absolute atomic E-state index is 0.158. The first-order chi connectivity index (χ1) is 14.3. The maximum atomic E-state index is 12.2. The third-order valence-corrected chi connectivity index (χ3v) is 4.74. The van der Waals surface area contributed by atoms with Gasteiger partial charge < -0.3 is 24.3 Å². The molecular weight excluding hydrogens is 398 g/mol. The molecular formula is C24H30NO6-. The Morgan fingerprint density at radius 1 is 1.00 bits per heavy atom. The van der Waals surface area contributed by atoms with Gasteiger partial charge in [-0.25, -0.2) is 9.59 Å². The Kier molecular flexibility index (Phi) is 8.79. The minimum atomic E-state index is -1.51. The van der Waals surface area contributed by atoms with E-state index in [1.165, 1.54) is 13.8 Å². The van der Waals surface area contributed by atoms with Crippen LogP contribution in [0.1, 0.15) is 45.7 Å². The van der Waals surface area contributed by atoms with Gasteiger partial charge in [0.1, 0.15) is 19.3 Å². The monoisotopic (exact) mass is 428 g/mol. The number of nitrogens with zero attached hydrogens (tertiary/aromatic N) is 1.